The monoisotopic (exact) mass is 319 g/mol. The number of likely N-dealkylation sites (tertiary alicyclic amines) is 2. The van der Waals surface area contributed by atoms with Crippen LogP contribution in [0.4, 0.5) is 4.39 Å². The highest BCUT2D eigenvalue weighted by Gasteiger charge is 2.34. The SMILES string of the molecule is C[C@@H]1C[C@@H](C)C[NH+](C2CCN(C(=O)c3cccc(F)c3)CC2)C1. The van der Waals surface area contributed by atoms with Gasteiger partial charge in [0.1, 0.15) is 5.82 Å². The molecule has 0 saturated carbocycles. The van der Waals surface area contributed by atoms with Gasteiger partial charge in [-0.3, -0.25) is 4.79 Å². The summed E-state index contributed by atoms with van der Waals surface area (Å²) in [5.74, 6) is 1.24. The Labute approximate surface area is 138 Å². The molecule has 2 aliphatic heterocycles. The fourth-order valence-corrected chi connectivity index (χ4v) is 4.46. The third-order valence-corrected chi connectivity index (χ3v) is 5.46. The zero-order valence-electron chi connectivity index (χ0n) is 14.2. The van der Waals surface area contributed by atoms with Crippen LogP contribution >= 0.6 is 0 Å². The molecule has 1 amide bonds. The molecule has 2 saturated heterocycles. The largest absolute Gasteiger partial charge is 0.338 e. The fourth-order valence-electron chi connectivity index (χ4n) is 4.46. The Morgan fingerprint density at radius 3 is 2.43 bits per heavy atom. The third-order valence-electron chi connectivity index (χ3n) is 5.46. The third kappa shape index (κ3) is 3.92. The van der Waals surface area contributed by atoms with Crippen LogP contribution in [0.1, 0.15) is 43.5 Å². The molecule has 0 spiro atoms. The summed E-state index contributed by atoms with van der Waals surface area (Å²) in [6, 6.07) is 6.71. The maximum absolute atomic E-state index is 13.3. The molecule has 0 radical (unpaired) electrons. The lowest BCUT2D eigenvalue weighted by Crippen LogP contribution is -3.18. The summed E-state index contributed by atoms with van der Waals surface area (Å²) >= 11 is 0. The van der Waals surface area contributed by atoms with E-state index in [0.717, 1.165) is 37.8 Å². The maximum Gasteiger partial charge on any atom is 0.253 e. The Bertz CT molecular complexity index is 544. The van der Waals surface area contributed by atoms with Crippen LogP contribution in [0.2, 0.25) is 0 Å². The summed E-state index contributed by atoms with van der Waals surface area (Å²) in [5, 5.41) is 0. The van der Waals surface area contributed by atoms with Crippen molar-refractivity contribution in [1.82, 2.24) is 4.90 Å². The number of piperidine rings is 2. The van der Waals surface area contributed by atoms with E-state index in [1.165, 1.54) is 31.6 Å². The van der Waals surface area contributed by atoms with E-state index in [9.17, 15) is 9.18 Å². The van der Waals surface area contributed by atoms with E-state index in [1.54, 1.807) is 17.0 Å². The minimum Gasteiger partial charge on any atom is -0.338 e. The van der Waals surface area contributed by atoms with Gasteiger partial charge in [-0.05, 0) is 24.6 Å². The standard InChI is InChI=1S/C19H27FN2O/c1-14-10-15(2)13-22(12-14)18-6-8-21(9-7-18)19(23)16-4-3-5-17(20)11-16/h3-5,11,14-15,18H,6-10,12-13H2,1-2H3/p+1/t14-,15-/m1/s1. The first-order chi connectivity index (χ1) is 11.0. The predicted molar refractivity (Wildman–Crippen MR) is 89.0 cm³/mol. The van der Waals surface area contributed by atoms with Crippen molar-refractivity contribution in [3.05, 3.63) is 35.6 Å². The number of quaternary nitrogens is 1. The Hall–Kier alpha value is -1.42. The molecule has 2 heterocycles. The Morgan fingerprint density at radius 1 is 1.17 bits per heavy atom. The number of carbonyl (C=O) groups is 1. The summed E-state index contributed by atoms with van der Waals surface area (Å²) in [6.07, 6.45) is 3.48. The van der Waals surface area contributed by atoms with Gasteiger partial charge in [-0.2, -0.15) is 0 Å². The second-order valence-electron chi connectivity index (χ2n) is 7.59. The van der Waals surface area contributed by atoms with E-state index >= 15 is 0 Å². The molecule has 2 fully saturated rings. The van der Waals surface area contributed by atoms with Gasteiger partial charge in [-0.15, -0.1) is 0 Å². The molecule has 2 aliphatic rings. The van der Waals surface area contributed by atoms with Crippen molar-refractivity contribution in [3.63, 3.8) is 0 Å². The Morgan fingerprint density at radius 2 is 1.83 bits per heavy atom. The fraction of sp³-hybridized carbons (Fsp3) is 0.632. The summed E-state index contributed by atoms with van der Waals surface area (Å²) in [4.78, 5) is 16.1. The second-order valence-corrected chi connectivity index (χ2v) is 7.59. The molecule has 1 N–H and O–H groups in total. The summed E-state index contributed by atoms with van der Waals surface area (Å²) in [5.41, 5.74) is 0.469. The van der Waals surface area contributed by atoms with E-state index in [-0.39, 0.29) is 11.7 Å². The quantitative estimate of drug-likeness (QED) is 0.886. The molecule has 1 aromatic carbocycles. The highest BCUT2D eigenvalue weighted by atomic mass is 19.1. The van der Waals surface area contributed by atoms with Crippen LogP contribution in [-0.4, -0.2) is 43.0 Å². The minimum atomic E-state index is -0.341. The lowest BCUT2D eigenvalue weighted by molar-refractivity contribution is -0.938. The van der Waals surface area contributed by atoms with Crippen LogP contribution < -0.4 is 4.90 Å². The van der Waals surface area contributed by atoms with Crippen LogP contribution in [0.15, 0.2) is 24.3 Å². The van der Waals surface area contributed by atoms with Gasteiger partial charge in [0.2, 0.25) is 0 Å². The minimum absolute atomic E-state index is 0.0293. The second kappa shape index (κ2) is 7.00. The molecule has 0 unspecified atom stereocenters. The molecular formula is C19H28FN2O+. The number of nitrogens with zero attached hydrogens (tertiary/aromatic N) is 1. The predicted octanol–water partition coefficient (Wildman–Crippen LogP) is 1.99. The average molecular weight is 319 g/mol. The van der Waals surface area contributed by atoms with E-state index in [2.05, 4.69) is 13.8 Å². The van der Waals surface area contributed by atoms with Gasteiger partial charge in [0, 0.05) is 43.3 Å². The van der Waals surface area contributed by atoms with Crippen molar-refractivity contribution in [1.29, 1.82) is 0 Å². The molecule has 3 nitrogen and oxygen atoms in total. The van der Waals surface area contributed by atoms with E-state index in [0.29, 0.717) is 11.6 Å². The van der Waals surface area contributed by atoms with E-state index < -0.39 is 0 Å². The van der Waals surface area contributed by atoms with Crippen molar-refractivity contribution in [2.75, 3.05) is 26.2 Å². The maximum atomic E-state index is 13.3. The number of rotatable bonds is 2. The topological polar surface area (TPSA) is 24.8 Å². The number of benzene rings is 1. The van der Waals surface area contributed by atoms with Gasteiger partial charge in [0.25, 0.3) is 5.91 Å². The van der Waals surface area contributed by atoms with Crippen molar-refractivity contribution < 1.29 is 14.1 Å². The zero-order valence-corrected chi connectivity index (χ0v) is 14.2. The number of hydrogen-bond donors (Lipinski definition) is 1. The zero-order chi connectivity index (χ0) is 16.4. The Kier molecular flexibility index (Phi) is 5.00. The smallest absolute Gasteiger partial charge is 0.253 e. The first kappa shape index (κ1) is 16.4. The van der Waals surface area contributed by atoms with E-state index in [1.807, 2.05) is 4.90 Å². The van der Waals surface area contributed by atoms with Crippen molar-refractivity contribution >= 4 is 5.91 Å². The molecule has 4 heteroatoms. The van der Waals surface area contributed by atoms with Crippen LogP contribution in [0.5, 0.6) is 0 Å². The van der Waals surface area contributed by atoms with Gasteiger partial charge in [0.05, 0.1) is 19.1 Å². The summed E-state index contributed by atoms with van der Waals surface area (Å²) < 4.78 is 13.3. The van der Waals surface area contributed by atoms with Gasteiger partial charge < -0.3 is 9.80 Å². The molecule has 126 valence electrons. The first-order valence-corrected chi connectivity index (χ1v) is 8.92. The number of nitrogens with one attached hydrogen (secondary N) is 1. The molecular weight excluding hydrogens is 291 g/mol. The molecule has 0 aromatic heterocycles. The molecule has 1 aromatic rings. The molecule has 23 heavy (non-hydrogen) atoms. The van der Waals surface area contributed by atoms with E-state index in [4.69, 9.17) is 0 Å². The normalized spacial score (nSPS) is 29.5. The highest BCUT2D eigenvalue weighted by molar-refractivity contribution is 5.94. The first-order valence-electron chi connectivity index (χ1n) is 8.92. The average Bonchev–Trinajstić information content (AvgIpc) is 2.53. The number of amides is 1. The summed E-state index contributed by atoms with van der Waals surface area (Å²) in [6.45, 7) is 8.86. The molecule has 3 rings (SSSR count). The van der Waals surface area contributed by atoms with Crippen molar-refractivity contribution in [2.24, 2.45) is 11.8 Å². The van der Waals surface area contributed by atoms with Gasteiger partial charge >= 0.3 is 0 Å². The van der Waals surface area contributed by atoms with Crippen LogP contribution in [-0.2, 0) is 0 Å². The molecule has 0 bridgehead atoms. The Balaban J connectivity index is 1.57. The van der Waals surface area contributed by atoms with Gasteiger partial charge in [-0.1, -0.05) is 19.9 Å². The van der Waals surface area contributed by atoms with Crippen molar-refractivity contribution in [3.8, 4) is 0 Å². The molecule has 0 aliphatic carbocycles. The lowest BCUT2D eigenvalue weighted by Gasteiger charge is -2.41. The molecule has 2 atom stereocenters. The number of hydrogen-bond acceptors (Lipinski definition) is 1. The summed E-state index contributed by atoms with van der Waals surface area (Å²) in [7, 11) is 0. The van der Waals surface area contributed by atoms with Gasteiger partial charge in [-0.25, -0.2) is 4.39 Å². The number of carbonyl (C=O) groups excluding carboxylic acids is 1. The van der Waals surface area contributed by atoms with Crippen molar-refractivity contribution in [2.45, 2.75) is 39.2 Å². The van der Waals surface area contributed by atoms with Crippen LogP contribution in [0.3, 0.4) is 0 Å². The lowest BCUT2D eigenvalue weighted by atomic mass is 9.89. The van der Waals surface area contributed by atoms with Crippen LogP contribution in [0.25, 0.3) is 0 Å². The van der Waals surface area contributed by atoms with Crippen LogP contribution in [0, 0.1) is 17.7 Å². The highest BCUT2D eigenvalue weighted by Crippen LogP contribution is 2.17. The number of halogens is 1. The van der Waals surface area contributed by atoms with Gasteiger partial charge in [0.15, 0.2) is 0 Å².